The Morgan fingerprint density at radius 3 is 2.75 bits per heavy atom. The summed E-state index contributed by atoms with van der Waals surface area (Å²) >= 11 is 1.70. The molecule has 70 valence electrons. The molecule has 4 heteroatoms. The summed E-state index contributed by atoms with van der Waals surface area (Å²) in [5.74, 6) is 0. The average Bonchev–Trinajstić information content (AvgIpc) is 2.37. The molecule has 0 aromatic carbocycles. The van der Waals surface area contributed by atoms with E-state index in [1.54, 1.807) is 11.3 Å². The van der Waals surface area contributed by atoms with Crippen molar-refractivity contribution in [3.8, 4) is 0 Å². The Bertz CT molecular complexity index is 227. The molecule has 0 amide bonds. The maximum absolute atomic E-state index is 8.70. The normalized spacial score (nSPS) is 12.2. The highest BCUT2D eigenvalue weighted by Gasteiger charge is 2.05. The van der Waals surface area contributed by atoms with E-state index in [4.69, 9.17) is 10.8 Å². The van der Waals surface area contributed by atoms with E-state index >= 15 is 0 Å². The summed E-state index contributed by atoms with van der Waals surface area (Å²) in [4.78, 5) is 1.28. The number of rotatable bonds is 3. The van der Waals surface area contributed by atoms with Gasteiger partial charge in [-0.2, -0.15) is 0 Å². The Labute approximate surface area is 82.8 Å². The molecule has 0 spiro atoms. The summed E-state index contributed by atoms with van der Waals surface area (Å²) in [6.45, 7) is 2.13. The maximum atomic E-state index is 8.70. The summed E-state index contributed by atoms with van der Waals surface area (Å²) < 4.78 is 0. The monoisotopic (exact) mass is 207 g/mol. The Morgan fingerprint density at radius 1 is 1.67 bits per heavy atom. The molecule has 1 heterocycles. The number of nitrogens with two attached hydrogens (primary N) is 1. The average molecular weight is 208 g/mol. The summed E-state index contributed by atoms with van der Waals surface area (Å²) in [6, 6.07) is 1.97. The molecule has 0 saturated carbocycles. The van der Waals surface area contributed by atoms with E-state index in [9.17, 15) is 0 Å². The standard InChI is InChI=1S/C8H13NOS.ClH/c1-6-2-3-11-8(6)4-7(9)5-10;/h2-3,7,10H,4-5,9H2,1H3;1H. The number of thiophene rings is 1. The fourth-order valence-electron chi connectivity index (χ4n) is 0.916. The molecule has 1 unspecified atom stereocenters. The van der Waals surface area contributed by atoms with Gasteiger partial charge in [0.15, 0.2) is 0 Å². The first-order valence-corrected chi connectivity index (χ1v) is 4.51. The minimum absolute atomic E-state index is 0. The van der Waals surface area contributed by atoms with E-state index < -0.39 is 0 Å². The van der Waals surface area contributed by atoms with Crippen LogP contribution in [0, 0.1) is 6.92 Å². The molecule has 1 rings (SSSR count). The highest BCUT2D eigenvalue weighted by molar-refractivity contribution is 7.10. The molecule has 0 saturated heterocycles. The van der Waals surface area contributed by atoms with Crippen LogP contribution in [0.15, 0.2) is 11.4 Å². The van der Waals surface area contributed by atoms with Gasteiger partial charge >= 0.3 is 0 Å². The van der Waals surface area contributed by atoms with Gasteiger partial charge in [0.25, 0.3) is 0 Å². The number of aryl methyl sites for hydroxylation is 1. The van der Waals surface area contributed by atoms with Gasteiger partial charge in [-0.25, -0.2) is 0 Å². The third-order valence-electron chi connectivity index (χ3n) is 1.65. The lowest BCUT2D eigenvalue weighted by Gasteiger charge is -2.05. The Kier molecular flexibility index (Phi) is 5.50. The molecule has 0 radical (unpaired) electrons. The fourth-order valence-corrected chi connectivity index (χ4v) is 1.92. The van der Waals surface area contributed by atoms with Crippen LogP contribution in [0.5, 0.6) is 0 Å². The summed E-state index contributed by atoms with van der Waals surface area (Å²) in [6.07, 6.45) is 0.792. The zero-order chi connectivity index (χ0) is 8.27. The highest BCUT2D eigenvalue weighted by Crippen LogP contribution is 2.16. The molecule has 1 aromatic heterocycles. The van der Waals surface area contributed by atoms with Crippen molar-refractivity contribution in [1.29, 1.82) is 0 Å². The first-order valence-electron chi connectivity index (χ1n) is 3.63. The molecule has 1 atom stereocenters. The second-order valence-corrected chi connectivity index (χ2v) is 3.67. The van der Waals surface area contributed by atoms with E-state index in [1.165, 1.54) is 10.4 Å². The first kappa shape index (κ1) is 11.9. The molecule has 12 heavy (non-hydrogen) atoms. The Morgan fingerprint density at radius 2 is 2.33 bits per heavy atom. The topological polar surface area (TPSA) is 46.2 Å². The van der Waals surface area contributed by atoms with Gasteiger partial charge in [0.1, 0.15) is 0 Å². The summed E-state index contributed by atoms with van der Waals surface area (Å²) in [5.41, 5.74) is 6.87. The molecule has 3 N–H and O–H groups in total. The van der Waals surface area contributed by atoms with Crippen LogP contribution in [-0.2, 0) is 6.42 Å². The quantitative estimate of drug-likeness (QED) is 0.786. The predicted octanol–water partition coefficient (Wildman–Crippen LogP) is 1.34. The molecule has 0 fully saturated rings. The zero-order valence-corrected chi connectivity index (χ0v) is 8.62. The second kappa shape index (κ2) is 5.54. The molecule has 0 aliphatic heterocycles. The van der Waals surface area contributed by atoms with Crippen molar-refractivity contribution in [3.63, 3.8) is 0 Å². The van der Waals surface area contributed by atoms with Crippen molar-refractivity contribution >= 4 is 23.7 Å². The molecule has 0 bridgehead atoms. The van der Waals surface area contributed by atoms with Crippen LogP contribution in [0.4, 0.5) is 0 Å². The van der Waals surface area contributed by atoms with Gasteiger partial charge < -0.3 is 10.8 Å². The number of hydrogen-bond acceptors (Lipinski definition) is 3. The first-order chi connectivity index (χ1) is 5.24. The van der Waals surface area contributed by atoms with Gasteiger partial charge in [0.05, 0.1) is 6.61 Å². The van der Waals surface area contributed by atoms with Gasteiger partial charge in [-0.05, 0) is 30.4 Å². The highest BCUT2D eigenvalue weighted by atomic mass is 35.5. The molecule has 0 aliphatic rings. The largest absolute Gasteiger partial charge is 0.395 e. The fraction of sp³-hybridized carbons (Fsp3) is 0.500. The van der Waals surface area contributed by atoms with E-state index in [-0.39, 0.29) is 25.1 Å². The Hall–Kier alpha value is -0.0900. The molecule has 1 aromatic rings. The van der Waals surface area contributed by atoms with E-state index in [2.05, 4.69) is 18.4 Å². The van der Waals surface area contributed by atoms with Crippen molar-refractivity contribution in [3.05, 3.63) is 21.9 Å². The van der Waals surface area contributed by atoms with Gasteiger partial charge in [-0.3, -0.25) is 0 Å². The minimum atomic E-state index is -0.104. The molecular weight excluding hydrogens is 194 g/mol. The van der Waals surface area contributed by atoms with Crippen LogP contribution < -0.4 is 5.73 Å². The zero-order valence-electron chi connectivity index (χ0n) is 6.99. The van der Waals surface area contributed by atoms with Gasteiger partial charge in [0.2, 0.25) is 0 Å². The van der Waals surface area contributed by atoms with Crippen LogP contribution in [0.25, 0.3) is 0 Å². The number of aliphatic hydroxyl groups excluding tert-OH is 1. The van der Waals surface area contributed by atoms with Crippen molar-refractivity contribution in [2.75, 3.05) is 6.61 Å². The number of aliphatic hydroxyl groups is 1. The lowest BCUT2D eigenvalue weighted by Crippen LogP contribution is -2.26. The van der Waals surface area contributed by atoms with Gasteiger partial charge in [-0.1, -0.05) is 0 Å². The van der Waals surface area contributed by atoms with E-state index in [1.807, 2.05) is 0 Å². The lowest BCUT2D eigenvalue weighted by atomic mass is 10.1. The number of halogens is 1. The van der Waals surface area contributed by atoms with Crippen LogP contribution in [0.2, 0.25) is 0 Å². The summed E-state index contributed by atoms with van der Waals surface area (Å²) in [5, 5.41) is 10.8. The minimum Gasteiger partial charge on any atom is -0.395 e. The smallest absolute Gasteiger partial charge is 0.0586 e. The number of hydrogen-bond donors (Lipinski definition) is 2. The summed E-state index contributed by atoms with van der Waals surface area (Å²) in [7, 11) is 0. The van der Waals surface area contributed by atoms with Crippen LogP contribution in [0.1, 0.15) is 10.4 Å². The van der Waals surface area contributed by atoms with Crippen molar-refractivity contribution in [2.24, 2.45) is 5.73 Å². The van der Waals surface area contributed by atoms with Crippen molar-refractivity contribution in [1.82, 2.24) is 0 Å². The van der Waals surface area contributed by atoms with E-state index in [0.717, 1.165) is 6.42 Å². The molecule has 0 aliphatic carbocycles. The van der Waals surface area contributed by atoms with E-state index in [0.29, 0.717) is 0 Å². The van der Waals surface area contributed by atoms with Crippen LogP contribution in [0.3, 0.4) is 0 Å². The maximum Gasteiger partial charge on any atom is 0.0586 e. The molecule has 2 nitrogen and oxygen atoms in total. The van der Waals surface area contributed by atoms with Gasteiger partial charge in [0, 0.05) is 10.9 Å². The lowest BCUT2D eigenvalue weighted by molar-refractivity contribution is 0.265. The SMILES string of the molecule is Cc1ccsc1CC(N)CO.Cl. The second-order valence-electron chi connectivity index (χ2n) is 2.67. The van der Waals surface area contributed by atoms with Crippen molar-refractivity contribution in [2.45, 2.75) is 19.4 Å². The predicted molar refractivity (Wildman–Crippen MR) is 55.1 cm³/mol. The van der Waals surface area contributed by atoms with Crippen LogP contribution in [-0.4, -0.2) is 17.8 Å². The van der Waals surface area contributed by atoms with Gasteiger partial charge in [-0.15, -0.1) is 23.7 Å². The Balaban J connectivity index is 0.00000121. The third-order valence-corrected chi connectivity index (χ3v) is 2.70. The van der Waals surface area contributed by atoms with Crippen molar-refractivity contribution < 1.29 is 5.11 Å². The molecular formula is C8H14ClNOS. The van der Waals surface area contributed by atoms with Crippen LogP contribution >= 0.6 is 23.7 Å². The third kappa shape index (κ3) is 3.11.